The van der Waals surface area contributed by atoms with E-state index in [1.54, 1.807) is 0 Å². The van der Waals surface area contributed by atoms with Crippen LogP contribution in [0.2, 0.25) is 0 Å². The number of aliphatic imine (C=N–C) groups is 1. The van der Waals surface area contributed by atoms with Crippen LogP contribution in [-0.4, -0.2) is 92.7 Å². The van der Waals surface area contributed by atoms with E-state index in [0.717, 1.165) is 51.6 Å². The number of hydrogen-bond donors (Lipinski definition) is 2. The summed E-state index contributed by atoms with van der Waals surface area (Å²) in [7, 11) is 6.29. The predicted octanol–water partition coefficient (Wildman–Crippen LogP) is 1.68. The molecule has 0 aliphatic carbocycles. The number of nitrogens with one attached hydrogen (secondary N) is 2. The van der Waals surface area contributed by atoms with Crippen LogP contribution >= 0.6 is 24.0 Å². The summed E-state index contributed by atoms with van der Waals surface area (Å²) in [6, 6.07) is 12.3. The molecule has 2 heterocycles. The van der Waals surface area contributed by atoms with E-state index in [1.165, 1.54) is 5.56 Å². The van der Waals surface area contributed by atoms with Gasteiger partial charge in [0.25, 0.3) is 0 Å². The molecule has 158 valence electrons. The molecule has 2 aliphatic heterocycles. The zero-order valence-corrected chi connectivity index (χ0v) is 20.1. The van der Waals surface area contributed by atoms with Gasteiger partial charge in [-0.3, -0.25) is 14.8 Å². The number of rotatable bonds is 5. The maximum absolute atomic E-state index is 4.46. The molecule has 0 saturated carbocycles. The molecule has 7 heteroatoms. The first kappa shape index (κ1) is 23.4. The van der Waals surface area contributed by atoms with Crippen molar-refractivity contribution >= 4 is 29.9 Å². The minimum atomic E-state index is 0. The summed E-state index contributed by atoms with van der Waals surface area (Å²) in [5, 5.41) is 7.19. The Kier molecular flexibility index (Phi) is 9.46. The van der Waals surface area contributed by atoms with Crippen LogP contribution in [0.25, 0.3) is 0 Å². The largest absolute Gasteiger partial charge is 0.355 e. The van der Waals surface area contributed by atoms with Crippen molar-refractivity contribution in [2.24, 2.45) is 4.99 Å². The van der Waals surface area contributed by atoms with Crippen LogP contribution < -0.4 is 10.6 Å². The molecule has 3 rings (SSSR count). The fourth-order valence-corrected chi connectivity index (χ4v) is 4.17. The Morgan fingerprint density at radius 1 is 1.14 bits per heavy atom. The number of hydrogen-bond acceptors (Lipinski definition) is 4. The van der Waals surface area contributed by atoms with Crippen molar-refractivity contribution in [3.63, 3.8) is 0 Å². The average molecular weight is 500 g/mol. The second kappa shape index (κ2) is 11.3. The van der Waals surface area contributed by atoms with Gasteiger partial charge < -0.3 is 15.5 Å². The average Bonchev–Trinajstić information content (AvgIpc) is 3.01. The second-order valence-electron chi connectivity index (χ2n) is 8.19. The van der Waals surface area contributed by atoms with Crippen LogP contribution in [0.5, 0.6) is 0 Å². The van der Waals surface area contributed by atoms with E-state index in [-0.39, 0.29) is 24.0 Å². The molecule has 2 saturated heterocycles. The van der Waals surface area contributed by atoms with Crippen molar-refractivity contribution in [1.82, 2.24) is 25.3 Å². The van der Waals surface area contributed by atoms with E-state index in [4.69, 9.17) is 0 Å². The Hall–Kier alpha value is -0.900. The van der Waals surface area contributed by atoms with E-state index in [9.17, 15) is 0 Å². The standard InChI is InChI=1S/C21H36N6.HI/c1-17-12-19(15-27(17)14-18-8-6-5-7-9-18)24-21(22-2)23-13-20-16-25(3)10-11-26(20)4;/h5-9,17,19-20H,10-16H2,1-4H3,(H2,22,23,24);1H. The minimum Gasteiger partial charge on any atom is -0.355 e. The zero-order valence-electron chi connectivity index (χ0n) is 17.8. The van der Waals surface area contributed by atoms with Gasteiger partial charge in [0, 0.05) is 64.4 Å². The molecule has 6 nitrogen and oxygen atoms in total. The maximum atomic E-state index is 4.46. The molecule has 2 aliphatic rings. The van der Waals surface area contributed by atoms with Gasteiger partial charge in [0.1, 0.15) is 0 Å². The number of likely N-dealkylation sites (N-methyl/N-ethyl adjacent to an activating group) is 2. The van der Waals surface area contributed by atoms with Gasteiger partial charge in [0.2, 0.25) is 0 Å². The lowest BCUT2D eigenvalue weighted by Crippen LogP contribution is -2.56. The highest BCUT2D eigenvalue weighted by Crippen LogP contribution is 2.20. The highest BCUT2D eigenvalue weighted by molar-refractivity contribution is 14.0. The van der Waals surface area contributed by atoms with Crippen molar-refractivity contribution in [1.29, 1.82) is 0 Å². The van der Waals surface area contributed by atoms with Crippen LogP contribution in [0.4, 0.5) is 0 Å². The van der Waals surface area contributed by atoms with Crippen LogP contribution in [0.15, 0.2) is 35.3 Å². The molecule has 2 fully saturated rings. The normalized spacial score (nSPS) is 27.4. The third kappa shape index (κ3) is 6.57. The third-order valence-electron chi connectivity index (χ3n) is 5.98. The Bertz CT molecular complexity index is 610. The van der Waals surface area contributed by atoms with Crippen LogP contribution in [0, 0.1) is 0 Å². The first-order chi connectivity index (χ1) is 13.0. The molecular weight excluding hydrogens is 463 g/mol. The first-order valence-corrected chi connectivity index (χ1v) is 10.2. The minimum absolute atomic E-state index is 0. The molecule has 28 heavy (non-hydrogen) atoms. The fourth-order valence-electron chi connectivity index (χ4n) is 4.17. The summed E-state index contributed by atoms with van der Waals surface area (Å²) in [6.45, 7) is 8.71. The van der Waals surface area contributed by atoms with E-state index < -0.39 is 0 Å². The number of benzene rings is 1. The summed E-state index contributed by atoms with van der Waals surface area (Å²) in [5.41, 5.74) is 1.39. The second-order valence-corrected chi connectivity index (χ2v) is 8.19. The van der Waals surface area contributed by atoms with Gasteiger partial charge >= 0.3 is 0 Å². The molecule has 3 atom stereocenters. The molecule has 1 aromatic carbocycles. The van der Waals surface area contributed by atoms with Gasteiger partial charge in [-0.05, 0) is 33.0 Å². The van der Waals surface area contributed by atoms with Gasteiger partial charge in [-0.1, -0.05) is 30.3 Å². The van der Waals surface area contributed by atoms with Crippen molar-refractivity contribution in [3.8, 4) is 0 Å². The molecule has 0 bridgehead atoms. The zero-order chi connectivity index (χ0) is 19.2. The smallest absolute Gasteiger partial charge is 0.191 e. The molecular formula is C21H37IN6. The summed E-state index contributed by atoms with van der Waals surface area (Å²) in [6.07, 6.45) is 1.15. The highest BCUT2D eigenvalue weighted by atomic mass is 127. The molecule has 0 spiro atoms. The lowest BCUT2D eigenvalue weighted by Gasteiger charge is -2.38. The fraction of sp³-hybridized carbons (Fsp3) is 0.667. The number of nitrogens with zero attached hydrogens (tertiary/aromatic N) is 4. The van der Waals surface area contributed by atoms with Crippen molar-refractivity contribution < 1.29 is 0 Å². The van der Waals surface area contributed by atoms with Crippen molar-refractivity contribution in [2.75, 3.05) is 53.9 Å². The number of guanidine groups is 1. The number of likely N-dealkylation sites (tertiary alicyclic amines) is 1. The SMILES string of the molecule is CN=C(NCC1CN(C)CCN1C)NC1CC(C)N(Cc2ccccc2)C1.I. The molecule has 0 radical (unpaired) electrons. The number of halogens is 1. The van der Waals surface area contributed by atoms with E-state index >= 15 is 0 Å². The summed E-state index contributed by atoms with van der Waals surface area (Å²) >= 11 is 0. The Morgan fingerprint density at radius 3 is 2.61 bits per heavy atom. The Morgan fingerprint density at radius 2 is 1.89 bits per heavy atom. The summed E-state index contributed by atoms with van der Waals surface area (Å²) in [4.78, 5) is 11.9. The van der Waals surface area contributed by atoms with Gasteiger partial charge in [-0.25, -0.2) is 0 Å². The first-order valence-electron chi connectivity index (χ1n) is 10.2. The number of piperazine rings is 1. The Labute approximate surface area is 187 Å². The van der Waals surface area contributed by atoms with Gasteiger partial charge in [0.15, 0.2) is 5.96 Å². The van der Waals surface area contributed by atoms with Crippen LogP contribution in [0.1, 0.15) is 18.9 Å². The molecule has 1 aromatic rings. The lowest BCUT2D eigenvalue weighted by atomic mass is 10.2. The molecule has 2 N–H and O–H groups in total. The summed E-state index contributed by atoms with van der Waals surface area (Å²) < 4.78 is 0. The topological polar surface area (TPSA) is 46.1 Å². The lowest BCUT2D eigenvalue weighted by molar-refractivity contribution is 0.116. The third-order valence-corrected chi connectivity index (χ3v) is 5.98. The van der Waals surface area contributed by atoms with E-state index in [2.05, 4.69) is 81.7 Å². The van der Waals surface area contributed by atoms with Crippen molar-refractivity contribution in [2.45, 2.75) is 38.0 Å². The molecule has 0 aromatic heterocycles. The van der Waals surface area contributed by atoms with E-state index in [1.807, 2.05) is 7.05 Å². The van der Waals surface area contributed by atoms with Gasteiger partial charge in [-0.2, -0.15) is 0 Å². The quantitative estimate of drug-likeness (QED) is 0.366. The molecule has 0 amide bonds. The summed E-state index contributed by atoms with van der Waals surface area (Å²) in [5.74, 6) is 0.926. The van der Waals surface area contributed by atoms with Gasteiger partial charge in [-0.15, -0.1) is 24.0 Å². The van der Waals surface area contributed by atoms with Crippen LogP contribution in [-0.2, 0) is 6.54 Å². The van der Waals surface area contributed by atoms with E-state index in [0.29, 0.717) is 18.1 Å². The predicted molar refractivity (Wildman–Crippen MR) is 129 cm³/mol. The molecule has 3 unspecified atom stereocenters. The monoisotopic (exact) mass is 500 g/mol. The Balaban J connectivity index is 0.00000280. The highest BCUT2D eigenvalue weighted by Gasteiger charge is 2.29. The van der Waals surface area contributed by atoms with Crippen molar-refractivity contribution in [3.05, 3.63) is 35.9 Å². The van der Waals surface area contributed by atoms with Gasteiger partial charge in [0.05, 0.1) is 0 Å². The van der Waals surface area contributed by atoms with Crippen LogP contribution in [0.3, 0.4) is 0 Å². The maximum Gasteiger partial charge on any atom is 0.191 e.